The van der Waals surface area contributed by atoms with Crippen LogP contribution in [0.25, 0.3) is 10.8 Å². The second-order valence-electron chi connectivity index (χ2n) is 5.26. The summed E-state index contributed by atoms with van der Waals surface area (Å²) in [5.41, 5.74) is 2.51. The molecule has 0 bridgehead atoms. The van der Waals surface area contributed by atoms with E-state index in [1.165, 1.54) is 5.56 Å². The summed E-state index contributed by atoms with van der Waals surface area (Å²) < 4.78 is 0. The smallest absolute Gasteiger partial charge is 0.255 e. The van der Waals surface area contributed by atoms with Crippen LogP contribution in [0.3, 0.4) is 0 Å². The minimum Gasteiger partial charge on any atom is -0.507 e. The third kappa shape index (κ3) is 3.32. The number of anilines is 1. The molecule has 0 aliphatic heterocycles. The van der Waals surface area contributed by atoms with E-state index in [4.69, 9.17) is 0 Å². The summed E-state index contributed by atoms with van der Waals surface area (Å²) in [5.74, 6) is 0.987. The molecule has 2 N–H and O–H groups in total. The minimum atomic E-state index is -0.156. The molecule has 4 heteroatoms. The number of phenolic OH excluding ortho intramolecular Hbond substituents is 1. The van der Waals surface area contributed by atoms with Gasteiger partial charge in [-0.15, -0.1) is 0 Å². The van der Waals surface area contributed by atoms with Crippen LogP contribution in [-0.4, -0.2) is 17.3 Å². The van der Waals surface area contributed by atoms with Crippen LogP contribution in [-0.2, 0) is 5.75 Å². The van der Waals surface area contributed by atoms with E-state index in [0.29, 0.717) is 11.3 Å². The van der Waals surface area contributed by atoms with Crippen LogP contribution in [0.2, 0.25) is 0 Å². The number of thioether (sulfide) groups is 1. The van der Waals surface area contributed by atoms with Gasteiger partial charge in [-0.25, -0.2) is 0 Å². The number of carbonyl (C=O) groups excluding carboxylic acids is 1. The normalized spacial score (nSPS) is 10.7. The maximum Gasteiger partial charge on any atom is 0.255 e. The zero-order valence-electron chi connectivity index (χ0n) is 12.7. The van der Waals surface area contributed by atoms with E-state index < -0.39 is 0 Å². The van der Waals surface area contributed by atoms with Crippen LogP contribution in [0.5, 0.6) is 5.75 Å². The molecule has 0 aliphatic rings. The van der Waals surface area contributed by atoms with Crippen molar-refractivity contribution in [2.45, 2.75) is 5.75 Å². The van der Waals surface area contributed by atoms with Gasteiger partial charge in [-0.3, -0.25) is 4.79 Å². The Kier molecular flexibility index (Phi) is 4.53. The van der Waals surface area contributed by atoms with Gasteiger partial charge in [0.2, 0.25) is 0 Å². The molecule has 3 rings (SSSR count). The summed E-state index contributed by atoms with van der Waals surface area (Å²) in [6, 6.07) is 18.4. The van der Waals surface area contributed by atoms with Crippen LogP contribution in [0, 0.1) is 0 Å². The molecule has 1 amide bonds. The first-order valence-corrected chi connectivity index (χ1v) is 8.68. The number of fused-ring (bicyclic) bond motifs is 1. The third-order valence-corrected chi connectivity index (χ3v) is 4.30. The van der Waals surface area contributed by atoms with Gasteiger partial charge >= 0.3 is 0 Å². The predicted molar refractivity (Wildman–Crippen MR) is 97.2 cm³/mol. The fraction of sp³-hybridized carbons (Fsp3) is 0.105. The molecule has 0 aliphatic carbocycles. The Morgan fingerprint density at radius 1 is 1.00 bits per heavy atom. The van der Waals surface area contributed by atoms with Gasteiger partial charge in [0.1, 0.15) is 5.75 Å². The number of rotatable bonds is 4. The Labute approximate surface area is 139 Å². The number of hydrogen-bond donors (Lipinski definition) is 2. The van der Waals surface area contributed by atoms with Crippen LogP contribution in [0.15, 0.2) is 60.7 Å². The molecule has 0 radical (unpaired) electrons. The number of amides is 1. The molecule has 0 saturated carbocycles. The van der Waals surface area contributed by atoms with Crippen molar-refractivity contribution in [1.82, 2.24) is 0 Å². The molecule has 3 aromatic rings. The van der Waals surface area contributed by atoms with Crippen LogP contribution in [0.4, 0.5) is 5.69 Å². The average molecular weight is 323 g/mol. The molecule has 0 fully saturated rings. The standard InChI is InChI=1S/C19H17NO2S/c1-23-12-13-8-10-14(11-9-13)19(22)20-17-6-2-5-16-15(17)4-3-7-18(16)21/h2-11,21H,12H2,1H3,(H,20,22). The van der Waals surface area contributed by atoms with E-state index in [9.17, 15) is 9.90 Å². The van der Waals surface area contributed by atoms with Crippen molar-refractivity contribution in [3.8, 4) is 5.75 Å². The van der Waals surface area contributed by atoms with Crippen molar-refractivity contribution in [2.75, 3.05) is 11.6 Å². The number of carbonyl (C=O) groups is 1. The van der Waals surface area contributed by atoms with Crippen LogP contribution in [0.1, 0.15) is 15.9 Å². The van der Waals surface area contributed by atoms with Crippen molar-refractivity contribution in [2.24, 2.45) is 0 Å². The third-order valence-electron chi connectivity index (χ3n) is 3.67. The molecule has 0 spiro atoms. The highest BCUT2D eigenvalue weighted by Crippen LogP contribution is 2.30. The molecular weight excluding hydrogens is 306 g/mol. The first-order chi connectivity index (χ1) is 11.2. The number of hydrogen-bond acceptors (Lipinski definition) is 3. The quantitative estimate of drug-likeness (QED) is 0.734. The molecule has 0 aromatic heterocycles. The SMILES string of the molecule is CSCc1ccc(C(=O)Nc2cccc3c(O)cccc23)cc1. The van der Waals surface area contributed by atoms with Gasteiger partial charge in [0.15, 0.2) is 0 Å². The lowest BCUT2D eigenvalue weighted by molar-refractivity contribution is 0.102. The summed E-state index contributed by atoms with van der Waals surface area (Å²) in [7, 11) is 0. The second kappa shape index (κ2) is 6.75. The van der Waals surface area contributed by atoms with Crippen molar-refractivity contribution in [1.29, 1.82) is 0 Å². The molecule has 0 atom stereocenters. The largest absolute Gasteiger partial charge is 0.507 e. The number of benzene rings is 3. The van der Waals surface area contributed by atoms with E-state index in [0.717, 1.165) is 16.5 Å². The van der Waals surface area contributed by atoms with Crippen molar-refractivity contribution in [3.05, 3.63) is 71.8 Å². The zero-order chi connectivity index (χ0) is 16.2. The van der Waals surface area contributed by atoms with Gasteiger partial charge in [-0.2, -0.15) is 11.8 Å². The van der Waals surface area contributed by atoms with Crippen molar-refractivity contribution in [3.63, 3.8) is 0 Å². The van der Waals surface area contributed by atoms with E-state index in [1.807, 2.05) is 48.5 Å². The fourth-order valence-electron chi connectivity index (χ4n) is 2.52. The van der Waals surface area contributed by atoms with Gasteiger partial charge in [-0.05, 0) is 36.1 Å². The molecule has 0 heterocycles. The molecule has 3 nitrogen and oxygen atoms in total. The Morgan fingerprint density at radius 3 is 2.43 bits per heavy atom. The number of aromatic hydroxyl groups is 1. The molecule has 3 aromatic carbocycles. The fourth-order valence-corrected chi connectivity index (χ4v) is 3.04. The Balaban J connectivity index is 1.87. The minimum absolute atomic E-state index is 0.156. The highest BCUT2D eigenvalue weighted by molar-refractivity contribution is 7.97. The Morgan fingerprint density at radius 2 is 1.70 bits per heavy atom. The van der Waals surface area contributed by atoms with Gasteiger partial charge in [0.05, 0.1) is 0 Å². The monoisotopic (exact) mass is 323 g/mol. The molecule has 0 unspecified atom stereocenters. The summed E-state index contributed by atoms with van der Waals surface area (Å²) in [5, 5.41) is 14.4. The summed E-state index contributed by atoms with van der Waals surface area (Å²) >= 11 is 1.75. The van der Waals surface area contributed by atoms with E-state index in [2.05, 4.69) is 11.6 Å². The lowest BCUT2D eigenvalue weighted by Gasteiger charge is -2.10. The predicted octanol–water partition coefficient (Wildman–Crippen LogP) is 4.66. The van der Waals surface area contributed by atoms with Crippen molar-refractivity contribution >= 4 is 34.1 Å². The topological polar surface area (TPSA) is 49.3 Å². The van der Waals surface area contributed by atoms with Gasteiger partial charge in [0.25, 0.3) is 5.91 Å². The van der Waals surface area contributed by atoms with Gasteiger partial charge in [0, 0.05) is 27.8 Å². The van der Waals surface area contributed by atoms with E-state index in [-0.39, 0.29) is 11.7 Å². The lowest BCUT2D eigenvalue weighted by atomic mass is 10.1. The van der Waals surface area contributed by atoms with Crippen molar-refractivity contribution < 1.29 is 9.90 Å². The van der Waals surface area contributed by atoms with Crippen LogP contribution < -0.4 is 5.32 Å². The number of phenols is 1. The highest BCUT2D eigenvalue weighted by atomic mass is 32.2. The van der Waals surface area contributed by atoms with Gasteiger partial charge < -0.3 is 10.4 Å². The maximum absolute atomic E-state index is 12.4. The second-order valence-corrected chi connectivity index (χ2v) is 6.13. The summed E-state index contributed by atoms with van der Waals surface area (Å²) in [4.78, 5) is 12.4. The number of nitrogens with one attached hydrogen (secondary N) is 1. The van der Waals surface area contributed by atoms with E-state index >= 15 is 0 Å². The van der Waals surface area contributed by atoms with E-state index in [1.54, 1.807) is 23.9 Å². The lowest BCUT2D eigenvalue weighted by Crippen LogP contribution is -2.12. The average Bonchev–Trinajstić information content (AvgIpc) is 2.57. The first kappa shape index (κ1) is 15.4. The Hall–Kier alpha value is -2.46. The summed E-state index contributed by atoms with van der Waals surface area (Å²) in [6.07, 6.45) is 2.05. The Bertz CT molecular complexity index is 844. The highest BCUT2D eigenvalue weighted by Gasteiger charge is 2.09. The summed E-state index contributed by atoms with van der Waals surface area (Å²) in [6.45, 7) is 0. The molecule has 0 saturated heterocycles. The van der Waals surface area contributed by atoms with Crippen LogP contribution >= 0.6 is 11.8 Å². The molecular formula is C19H17NO2S. The molecule has 116 valence electrons. The zero-order valence-corrected chi connectivity index (χ0v) is 13.6. The first-order valence-electron chi connectivity index (χ1n) is 7.29. The van der Waals surface area contributed by atoms with Gasteiger partial charge in [-0.1, -0.05) is 36.4 Å². The maximum atomic E-state index is 12.4. The molecule has 23 heavy (non-hydrogen) atoms.